The summed E-state index contributed by atoms with van der Waals surface area (Å²) in [7, 11) is 0. The van der Waals surface area contributed by atoms with Crippen LogP contribution in [0.4, 0.5) is 4.39 Å². The molecule has 0 radical (unpaired) electrons. The molecule has 0 aliphatic rings. The van der Waals surface area contributed by atoms with Gasteiger partial charge in [0, 0.05) is 0 Å². The van der Waals surface area contributed by atoms with E-state index in [1.807, 2.05) is 0 Å². The molecule has 0 aliphatic carbocycles. The van der Waals surface area contributed by atoms with E-state index >= 15 is 0 Å². The molecule has 1 heterocycles. The van der Waals surface area contributed by atoms with Crippen molar-refractivity contribution in [3.05, 3.63) is 36.3 Å². The molecule has 2 rings (SSSR count). The van der Waals surface area contributed by atoms with Crippen molar-refractivity contribution in [1.82, 2.24) is 0 Å². The van der Waals surface area contributed by atoms with Crippen LogP contribution in [0.25, 0.3) is 11.0 Å². The maximum Gasteiger partial charge on any atom is 0.136 e. The maximum atomic E-state index is 12.8. The van der Waals surface area contributed by atoms with Crippen LogP contribution in [0.1, 0.15) is 0 Å². The zero-order valence-electron chi connectivity index (χ0n) is 5.17. The second-order valence-corrected chi connectivity index (χ2v) is 2.07. The summed E-state index contributed by atoms with van der Waals surface area (Å²) in [6.45, 7) is 0. The fourth-order valence-corrected chi connectivity index (χ4v) is 0.957. The van der Waals surface area contributed by atoms with Crippen LogP contribution in [0.5, 0.6) is 0 Å². The van der Waals surface area contributed by atoms with Crippen molar-refractivity contribution in [2.75, 3.05) is 0 Å². The number of hydrogen-bond donors (Lipinski definition) is 0. The van der Waals surface area contributed by atoms with Crippen LogP contribution in [0.3, 0.4) is 0 Å². The summed E-state index contributed by atoms with van der Waals surface area (Å²) in [6.07, 6.45) is 1.48. The van der Waals surface area contributed by atoms with Crippen molar-refractivity contribution < 1.29 is 8.81 Å². The molecular weight excluding hydrogens is 131 g/mol. The highest BCUT2D eigenvalue weighted by Crippen LogP contribution is 2.17. The molecule has 10 heavy (non-hydrogen) atoms. The molecule has 50 valence electrons. The fourth-order valence-electron chi connectivity index (χ4n) is 0.957. The van der Waals surface area contributed by atoms with E-state index in [9.17, 15) is 4.39 Å². The summed E-state index contributed by atoms with van der Waals surface area (Å²) in [4.78, 5) is 0. The lowest BCUT2D eigenvalue weighted by Gasteiger charge is -1.86. The van der Waals surface area contributed by atoms with Gasteiger partial charge in [-0.15, -0.1) is 0 Å². The Hall–Kier alpha value is -1.31. The van der Waals surface area contributed by atoms with Crippen LogP contribution in [-0.4, -0.2) is 0 Å². The van der Waals surface area contributed by atoms with Gasteiger partial charge in [0.05, 0.1) is 11.6 Å². The number of hydrogen-bond acceptors (Lipinski definition) is 1. The highest BCUT2D eigenvalue weighted by Gasteiger charge is 1.99. The zero-order chi connectivity index (χ0) is 6.97. The average molecular weight is 136 g/mol. The Bertz CT molecular complexity index is 351. The normalized spacial score (nSPS) is 10.5. The summed E-state index contributed by atoms with van der Waals surface area (Å²) >= 11 is 0. The second-order valence-electron chi connectivity index (χ2n) is 2.07. The minimum absolute atomic E-state index is 0.230. The first kappa shape index (κ1) is 5.47. The standard InChI is InChI=1S/C8H5FO/c9-7-2-1-3-8-6(7)4-5-10-8/h1-5H. The van der Waals surface area contributed by atoms with Crippen molar-refractivity contribution in [3.8, 4) is 0 Å². The first-order valence-corrected chi connectivity index (χ1v) is 2.99. The largest absolute Gasteiger partial charge is 0.464 e. The molecule has 0 atom stereocenters. The third kappa shape index (κ3) is 0.620. The minimum Gasteiger partial charge on any atom is -0.464 e. The summed E-state index contributed by atoms with van der Waals surface area (Å²) < 4.78 is 17.7. The first-order valence-electron chi connectivity index (χ1n) is 2.99. The molecule has 0 saturated heterocycles. The van der Waals surface area contributed by atoms with Gasteiger partial charge in [-0.25, -0.2) is 4.39 Å². The molecule has 0 N–H and O–H groups in total. The Kier molecular flexibility index (Phi) is 1.01. The molecule has 1 aromatic carbocycles. The van der Waals surface area contributed by atoms with Crippen molar-refractivity contribution in [2.45, 2.75) is 0 Å². The van der Waals surface area contributed by atoms with Gasteiger partial charge in [-0.05, 0) is 18.2 Å². The summed E-state index contributed by atoms with van der Waals surface area (Å²) in [6, 6.07) is 6.39. The van der Waals surface area contributed by atoms with E-state index in [-0.39, 0.29) is 5.82 Å². The van der Waals surface area contributed by atoms with Gasteiger partial charge in [-0.1, -0.05) is 6.07 Å². The topological polar surface area (TPSA) is 13.1 Å². The molecule has 2 aromatic rings. The molecule has 1 aromatic heterocycles. The fraction of sp³-hybridized carbons (Fsp3) is 0. The van der Waals surface area contributed by atoms with Crippen molar-refractivity contribution in [1.29, 1.82) is 0 Å². The molecular formula is C8H5FO. The Labute approximate surface area is 57.1 Å². The van der Waals surface area contributed by atoms with Gasteiger partial charge < -0.3 is 4.42 Å². The Morgan fingerprint density at radius 2 is 2.10 bits per heavy atom. The Balaban J connectivity index is 2.95. The lowest BCUT2D eigenvalue weighted by Crippen LogP contribution is -1.70. The van der Waals surface area contributed by atoms with Crippen LogP contribution in [0, 0.1) is 5.82 Å². The van der Waals surface area contributed by atoms with Crippen LogP contribution in [-0.2, 0) is 0 Å². The molecule has 0 fully saturated rings. The van der Waals surface area contributed by atoms with Gasteiger partial charge in [0.25, 0.3) is 0 Å². The lowest BCUT2D eigenvalue weighted by molar-refractivity contribution is 0.610. The molecule has 0 aliphatic heterocycles. The molecule has 2 heteroatoms. The van der Waals surface area contributed by atoms with Crippen molar-refractivity contribution in [3.63, 3.8) is 0 Å². The van der Waals surface area contributed by atoms with E-state index < -0.39 is 0 Å². The number of fused-ring (bicyclic) bond motifs is 1. The van der Waals surface area contributed by atoms with Gasteiger partial charge >= 0.3 is 0 Å². The SMILES string of the molecule is Fc1cccc2occc12. The van der Waals surface area contributed by atoms with Gasteiger partial charge in [-0.2, -0.15) is 0 Å². The molecule has 1 nitrogen and oxygen atoms in total. The summed E-state index contributed by atoms with van der Waals surface area (Å²) in [5.41, 5.74) is 0.597. The number of furan rings is 1. The van der Waals surface area contributed by atoms with Gasteiger partial charge in [-0.3, -0.25) is 0 Å². The van der Waals surface area contributed by atoms with E-state index in [4.69, 9.17) is 4.42 Å². The van der Waals surface area contributed by atoms with Crippen LogP contribution in [0.15, 0.2) is 34.9 Å². The van der Waals surface area contributed by atoms with E-state index in [2.05, 4.69) is 0 Å². The molecule has 0 bridgehead atoms. The smallest absolute Gasteiger partial charge is 0.136 e. The van der Waals surface area contributed by atoms with Gasteiger partial charge in [0.1, 0.15) is 11.4 Å². The number of halogens is 1. The minimum atomic E-state index is -0.230. The quantitative estimate of drug-likeness (QED) is 0.542. The zero-order valence-corrected chi connectivity index (χ0v) is 5.17. The Morgan fingerprint density at radius 1 is 1.20 bits per heavy atom. The van der Waals surface area contributed by atoms with E-state index in [0.717, 1.165) is 0 Å². The predicted octanol–water partition coefficient (Wildman–Crippen LogP) is 2.57. The van der Waals surface area contributed by atoms with Gasteiger partial charge in [0.15, 0.2) is 0 Å². The highest BCUT2D eigenvalue weighted by molar-refractivity contribution is 5.77. The lowest BCUT2D eigenvalue weighted by atomic mass is 10.2. The van der Waals surface area contributed by atoms with E-state index in [0.29, 0.717) is 11.0 Å². The number of benzene rings is 1. The second kappa shape index (κ2) is 1.84. The predicted molar refractivity (Wildman–Crippen MR) is 36.2 cm³/mol. The van der Waals surface area contributed by atoms with E-state index in [1.165, 1.54) is 12.3 Å². The number of rotatable bonds is 0. The Morgan fingerprint density at radius 3 is 2.90 bits per heavy atom. The molecule has 0 saturated carbocycles. The van der Waals surface area contributed by atoms with Gasteiger partial charge in [0.2, 0.25) is 0 Å². The van der Waals surface area contributed by atoms with Crippen LogP contribution in [0.2, 0.25) is 0 Å². The first-order chi connectivity index (χ1) is 4.88. The average Bonchev–Trinajstić information content (AvgIpc) is 2.36. The van der Waals surface area contributed by atoms with Crippen molar-refractivity contribution in [2.24, 2.45) is 0 Å². The third-order valence-corrected chi connectivity index (χ3v) is 1.44. The maximum absolute atomic E-state index is 12.8. The van der Waals surface area contributed by atoms with Crippen LogP contribution < -0.4 is 0 Å². The highest BCUT2D eigenvalue weighted by atomic mass is 19.1. The van der Waals surface area contributed by atoms with Crippen molar-refractivity contribution >= 4 is 11.0 Å². The summed E-state index contributed by atoms with van der Waals surface area (Å²) in [5.74, 6) is -0.230. The molecule has 0 spiro atoms. The van der Waals surface area contributed by atoms with E-state index in [1.54, 1.807) is 18.2 Å². The monoisotopic (exact) mass is 136 g/mol. The molecule has 0 unspecified atom stereocenters. The summed E-state index contributed by atoms with van der Waals surface area (Å²) in [5, 5.41) is 0.544. The molecule has 0 amide bonds. The third-order valence-electron chi connectivity index (χ3n) is 1.44. The van der Waals surface area contributed by atoms with Crippen LogP contribution >= 0.6 is 0 Å².